The molecule has 2 unspecified atom stereocenters. The molecule has 0 heterocycles. The lowest BCUT2D eigenvalue weighted by Gasteiger charge is -2.34. The average molecular weight is 229 g/mol. The van der Waals surface area contributed by atoms with Gasteiger partial charge in [-0.3, -0.25) is 10.1 Å². The molecule has 0 aromatic rings. The van der Waals surface area contributed by atoms with Crippen molar-refractivity contribution < 1.29 is 9.53 Å². The molecule has 0 spiro atoms. The summed E-state index contributed by atoms with van der Waals surface area (Å²) in [5.41, 5.74) is -0.486. The fourth-order valence-corrected chi connectivity index (χ4v) is 1.90. The molecule has 0 aliphatic carbocycles. The number of ether oxygens (including phenoxy) is 1. The van der Waals surface area contributed by atoms with Crippen LogP contribution in [0.15, 0.2) is 0 Å². The van der Waals surface area contributed by atoms with E-state index >= 15 is 0 Å². The predicted octanol–water partition coefficient (Wildman–Crippen LogP) is 2.89. The molecule has 0 aliphatic heterocycles. The van der Waals surface area contributed by atoms with Crippen LogP contribution >= 0.6 is 0 Å². The summed E-state index contributed by atoms with van der Waals surface area (Å²) in [6.45, 7) is 8.41. The highest BCUT2D eigenvalue weighted by Gasteiger charge is 2.37. The summed E-state index contributed by atoms with van der Waals surface area (Å²) in [5, 5.41) is 3.44. The largest absolute Gasteiger partial charge is 0.468 e. The third kappa shape index (κ3) is 4.12. The van der Waals surface area contributed by atoms with Crippen LogP contribution in [0.25, 0.3) is 0 Å². The van der Waals surface area contributed by atoms with E-state index in [9.17, 15) is 4.79 Å². The molecule has 2 atom stereocenters. The highest BCUT2D eigenvalue weighted by atomic mass is 16.5. The molecule has 0 saturated heterocycles. The van der Waals surface area contributed by atoms with Gasteiger partial charge < -0.3 is 4.74 Å². The van der Waals surface area contributed by atoms with E-state index < -0.39 is 5.54 Å². The van der Waals surface area contributed by atoms with Crippen molar-refractivity contribution in [2.24, 2.45) is 0 Å². The van der Waals surface area contributed by atoms with Crippen molar-refractivity contribution in [2.75, 3.05) is 7.11 Å². The Labute approximate surface area is 99.9 Å². The molecule has 3 heteroatoms. The molecule has 0 aromatic carbocycles. The van der Waals surface area contributed by atoms with E-state index in [1.807, 2.05) is 6.92 Å². The summed E-state index contributed by atoms with van der Waals surface area (Å²) in [6, 6.07) is 0.343. The molecule has 0 aromatic heterocycles. The summed E-state index contributed by atoms with van der Waals surface area (Å²) in [4.78, 5) is 11.9. The Morgan fingerprint density at radius 3 is 2.38 bits per heavy atom. The summed E-state index contributed by atoms with van der Waals surface area (Å²) in [6.07, 6.45) is 4.80. The molecular formula is C13H27NO2. The number of unbranched alkanes of at least 4 members (excludes halogenated alkanes) is 1. The number of rotatable bonds is 8. The lowest BCUT2D eigenvalue weighted by molar-refractivity contribution is -0.149. The quantitative estimate of drug-likeness (QED) is 0.650. The van der Waals surface area contributed by atoms with Gasteiger partial charge in [0.05, 0.1) is 7.11 Å². The lowest BCUT2D eigenvalue weighted by Crippen LogP contribution is -2.55. The molecule has 0 rings (SSSR count). The van der Waals surface area contributed by atoms with E-state index in [4.69, 9.17) is 4.74 Å². The molecule has 0 radical (unpaired) electrons. The maximum Gasteiger partial charge on any atom is 0.326 e. The van der Waals surface area contributed by atoms with Crippen LogP contribution in [0.2, 0.25) is 0 Å². The Bertz CT molecular complexity index is 206. The molecular weight excluding hydrogens is 202 g/mol. The molecule has 0 fully saturated rings. The van der Waals surface area contributed by atoms with Gasteiger partial charge in [0.15, 0.2) is 0 Å². The van der Waals surface area contributed by atoms with Gasteiger partial charge in [-0.2, -0.15) is 0 Å². The van der Waals surface area contributed by atoms with Crippen LogP contribution in [0.3, 0.4) is 0 Å². The van der Waals surface area contributed by atoms with Gasteiger partial charge in [0, 0.05) is 6.04 Å². The second-order valence-corrected chi connectivity index (χ2v) is 4.48. The van der Waals surface area contributed by atoms with Gasteiger partial charge in [-0.1, -0.05) is 33.6 Å². The number of hydrogen-bond acceptors (Lipinski definition) is 3. The highest BCUT2D eigenvalue weighted by Crippen LogP contribution is 2.21. The van der Waals surface area contributed by atoms with Crippen molar-refractivity contribution in [1.29, 1.82) is 0 Å². The standard InChI is InChI=1S/C13H27NO2/c1-6-9-10-13(8-3,12(15)16-5)14-11(4)7-2/h11,14H,6-10H2,1-5H3. The summed E-state index contributed by atoms with van der Waals surface area (Å²) in [5.74, 6) is -0.122. The second-order valence-electron chi connectivity index (χ2n) is 4.48. The van der Waals surface area contributed by atoms with Crippen molar-refractivity contribution in [1.82, 2.24) is 5.32 Å². The number of esters is 1. The van der Waals surface area contributed by atoms with Crippen molar-refractivity contribution in [3.8, 4) is 0 Å². The van der Waals surface area contributed by atoms with E-state index in [-0.39, 0.29) is 5.97 Å². The Hall–Kier alpha value is -0.570. The molecule has 0 amide bonds. The molecule has 96 valence electrons. The van der Waals surface area contributed by atoms with Gasteiger partial charge in [-0.15, -0.1) is 0 Å². The number of nitrogens with one attached hydrogen (secondary N) is 1. The fourth-order valence-electron chi connectivity index (χ4n) is 1.90. The summed E-state index contributed by atoms with van der Waals surface area (Å²) >= 11 is 0. The molecule has 1 N–H and O–H groups in total. The first kappa shape index (κ1) is 15.4. The van der Waals surface area contributed by atoms with E-state index in [2.05, 4.69) is 26.1 Å². The zero-order chi connectivity index (χ0) is 12.6. The summed E-state index contributed by atoms with van der Waals surface area (Å²) in [7, 11) is 1.47. The van der Waals surface area contributed by atoms with Crippen molar-refractivity contribution in [2.45, 2.75) is 71.4 Å². The van der Waals surface area contributed by atoms with Gasteiger partial charge in [-0.25, -0.2) is 0 Å². The predicted molar refractivity (Wildman–Crippen MR) is 67.5 cm³/mol. The summed E-state index contributed by atoms with van der Waals surface area (Å²) < 4.78 is 4.95. The van der Waals surface area contributed by atoms with Crippen molar-refractivity contribution in [3.05, 3.63) is 0 Å². The van der Waals surface area contributed by atoms with E-state index in [1.54, 1.807) is 0 Å². The Morgan fingerprint density at radius 1 is 1.38 bits per heavy atom. The van der Waals surface area contributed by atoms with Gasteiger partial charge >= 0.3 is 5.97 Å². The number of carbonyl (C=O) groups is 1. The Morgan fingerprint density at radius 2 is 2.00 bits per heavy atom. The van der Waals surface area contributed by atoms with Crippen LogP contribution < -0.4 is 5.32 Å². The van der Waals surface area contributed by atoms with Crippen LogP contribution in [0.4, 0.5) is 0 Å². The van der Waals surface area contributed by atoms with E-state index in [1.165, 1.54) is 7.11 Å². The molecule has 0 aliphatic rings. The van der Waals surface area contributed by atoms with Gasteiger partial charge in [0.1, 0.15) is 5.54 Å². The Balaban J connectivity index is 4.73. The molecule has 3 nitrogen and oxygen atoms in total. The lowest BCUT2D eigenvalue weighted by atomic mass is 9.88. The first-order chi connectivity index (χ1) is 7.56. The maximum absolute atomic E-state index is 11.9. The molecule has 16 heavy (non-hydrogen) atoms. The minimum absolute atomic E-state index is 0.122. The van der Waals surface area contributed by atoms with Crippen LogP contribution in [0, 0.1) is 0 Å². The Kier molecular flexibility index (Phi) is 7.39. The van der Waals surface area contributed by atoms with Crippen LogP contribution in [0.1, 0.15) is 59.8 Å². The monoisotopic (exact) mass is 229 g/mol. The first-order valence-corrected chi connectivity index (χ1v) is 6.42. The van der Waals surface area contributed by atoms with E-state index in [0.717, 1.165) is 32.1 Å². The minimum Gasteiger partial charge on any atom is -0.468 e. The normalized spacial score (nSPS) is 16.6. The zero-order valence-corrected chi connectivity index (χ0v) is 11.4. The van der Waals surface area contributed by atoms with E-state index in [0.29, 0.717) is 6.04 Å². The smallest absolute Gasteiger partial charge is 0.326 e. The number of methoxy groups -OCH3 is 1. The second kappa shape index (κ2) is 7.66. The highest BCUT2D eigenvalue weighted by molar-refractivity contribution is 5.80. The maximum atomic E-state index is 11.9. The third-order valence-electron chi connectivity index (χ3n) is 3.27. The van der Waals surface area contributed by atoms with Crippen LogP contribution in [-0.4, -0.2) is 24.7 Å². The van der Waals surface area contributed by atoms with Crippen LogP contribution in [0.5, 0.6) is 0 Å². The molecule has 0 saturated carbocycles. The number of carbonyl (C=O) groups excluding carboxylic acids is 1. The minimum atomic E-state index is -0.486. The third-order valence-corrected chi connectivity index (χ3v) is 3.27. The first-order valence-electron chi connectivity index (χ1n) is 6.42. The zero-order valence-electron chi connectivity index (χ0n) is 11.4. The van der Waals surface area contributed by atoms with Crippen molar-refractivity contribution in [3.63, 3.8) is 0 Å². The molecule has 0 bridgehead atoms. The topological polar surface area (TPSA) is 38.3 Å². The SMILES string of the molecule is CCCCC(CC)(NC(C)CC)C(=O)OC. The fraction of sp³-hybridized carbons (Fsp3) is 0.923. The number of hydrogen-bond donors (Lipinski definition) is 1. The average Bonchev–Trinajstić information content (AvgIpc) is 2.33. The van der Waals surface area contributed by atoms with Gasteiger partial charge in [-0.05, 0) is 26.2 Å². The van der Waals surface area contributed by atoms with Gasteiger partial charge in [0.2, 0.25) is 0 Å². The van der Waals surface area contributed by atoms with Crippen LogP contribution in [-0.2, 0) is 9.53 Å². The van der Waals surface area contributed by atoms with Gasteiger partial charge in [0.25, 0.3) is 0 Å². The van der Waals surface area contributed by atoms with Crippen molar-refractivity contribution >= 4 is 5.97 Å².